The Hall–Kier alpha value is -3.60. The Balaban J connectivity index is 1.44. The average molecular weight is 414 g/mol. The van der Waals surface area contributed by atoms with Crippen molar-refractivity contribution in [3.05, 3.63) is 96.1 Å². The summed E-state index contributed by atoms with van der Waals surface area (Å²) in [6.07, 6.45) is 1.52. The van der Waals surface area contributed by atoms with Crippen molar-refractivity contribution in [2.75, 3.05) is 16.8 Å². The Morgan fingerprint density at radius 3 is 1.97 bits per heavy atom. The van der Waals surface area contributed by atoms with Crippen LogP contribution in [0.25, 0.3) is 0 Å². The molecule has 1 fully saturated rings. The number of carbonyl (C=O) groups excluding carboxylic acids is 2. The Morgan fingerprint density at radius 2 is 1.45 bits per heavy atom. The number of rotatable bonds is 7. The molecule has 0 radical (unpaired) electrons. The van der Waals surface area contributed by atoms with E-state index in [-0.39, 0.29) is 17.9 Å². The molecule has 1 saturated heterocycles. The van der Waals surface area contributed by atoms with Gasteiger partial charge >= 0.3 is 0 Å². The molecule has 1 atom stereocenters. The number of anilines is 2. The summed E-state index contributed by atoms with van der Waals surface area (Å²) in [5, 5.41) is 6.44. The van der Waals surface area contributed by atoms with E-state index in [4.69, 9.17) is 0 Å². The van der Waals surface area contributed by atoms with Crippen molar-refractivity contribution < 1.29 is 9.59 Å². The second kappa shape index (κ2) is 9.47. The van der Waals surface area contributed by atoms with Crippen molar-refractivity contribution in [1.82, 2.24) is 5.32 Å². The highest BCUT2D eigenvalue weighted by Crippen LogP contribution is 2.24. The Kier molecular flexibility index (Phi) is 6.32. The molecule has 1 aliphatic heterocycles. The maximum atomic E-state index is 13.0. The molecule has 0 aromatic heterocycles. The number of hydrogen-bond acceptors (Lipinski definition) is 3. The van der Waals surface area contributed by atoms with Crippen LogP contribution in [0.5, 0.6) is 0 Å². The van der Waals surface area contributed by atoms with Gasteiger partial charge < -0.3 is 15.5 Å². The first kappa shape index (κ1) is 20.7. The van der Waals surface area contributed by atoms with Crippen LogP contribution >= 0.6 is 0 Å². The quantitative estimate of drug-likeness (QED) is 0.599. The van der Waals surface area contributed by atoms with Crippen molar-refractivity contribution in [2.45, 2.75) is 31.8 Å². The second-order valence-corrected chi connectivity index (χ2v) is 7.82. The normalized spacial score (nSPS) is 14.5. The zero-order valence-corrected chi connectivity index (χ0v) is 17.6. The number of amides is 2. The minimum atomic E-state index is -0.422. The molecule has 158 valence electrons. The molecule has 1 heterocycles. The molecule has 0 bridgehead atoms. The summed E-state index contributed by atoms with van der Waals surface area (Å²) >= 11 is 0. The zero-order valence-electron chi connectivity index (χ0n) is 17.6. The van der Waals surface area contributed by atoms with E-state index in [1.54, 1.807) is 0 Å². The van der Waals surface area contributed by atoms with Crippen LogP contribution in [0.3, 0.4) is 0 Å². The van der Waals surface area contributed by atoms with Crippen molar-refractivity contribution in [3.8, 4) is 0 Å². The Bertz CT molecular complexity index is 980. The smallest absolute Gasteiger partial charge is 0.242 e. The van der Waals surface area contributed by atoms with Crippen LogP contribution in [0.4, 0.5) is 11.4 Å². The lowest BCUT2D eigenvalue weighted by molar-refractivity contribution is -0.122. The van der Waals surface area contributed by atoms with E-state index in [0.29, 0.717) is 6.42 Å². The monoisotopic (exact) mass is 413 g/mol. The first-order chi connectivity index (χ1) is 15.1. The predicted octanol–water partition coefficient (Wildman–Crippen LogP) is 4.52. The van der Waals surface area contributed by atoms with E-state index in [2.05, 4.69) is 10.6 Å². The van der Waals surface area contributed by atoms with Gasteiger partial charge in [0.1, 0.15) is 6.04 Å². The molecule has 5 nitrogen and oxygen atoms in total. The number of hydrogen-bond donors (Lipinski definition) is 2. The van der Waals surface area contributed by atoms with Gasteiger partial charge in [-0.3, -0.25) is 9.59 Å². The number of carbonyl (C=O) groups is 2. The molecule has 0 aliphatic carbocycles. The minimum absolute atomic E-state index is 0.0866. The molecule has 4 rings (SSSR count). The predicted molar refractivity (Wildman–Crippen MR) is 124 cm³/mol. The van der Waals surface area contributed by atoms with Gasteiger partial charge in [0.25, 0.3) is 0 Å². The van der Waals surface area contributed by atoms with Gasteiger partial charge in [0.15, 0.2) is 0 Å². The number of nitrogens with one attached hydrogen (secondary N) is 2. The van der Waals surface area contributed by atoms with Gasteiger partial charge in [-0.15, -0.1) is 0 Å². The third-order valence-corrected chi connectivity index (χ3v) is 5.58. The Labute approximate surface area is 183 Å². The second-order valence-electron chi connectivity index (χ2n) is 7.82. The topological polar surface area (TPSA) is 61.4 Å². The van der Waals surface area contributed by atoms with Crippen LogP contribution in [0, 0.1) is 0 Å². The summed E-state index contributed by atoms with van der Waals surface area (Å²) in [6.45, 7) is 2.62. The lowest BCUT2D eigenvalue weighted by atomic mass is 9.98. The fraction of sp³-hybridized carbons (Fsp3) is 0.231. The van der Waals surface area contributed by atoms with E-state index in [1.807, 2.05) is 96.8 Å². The third-order valence-electron chi connectivity index (χ3n) is 5.58. The highest BCUT2D eigenvalue weighted by atomic mass is 16.2. The molecule has 31 heavy (non-hydrogen) atoms. The maximum Gasteiger partial charge on any atom is 0.242 e. The molecule has 2 N–H and O–H groups in total. The largest absolute Gasteiger partial charge is 0.374 e. The fourth-order valence-corrected chi connectivity index (χ4v) is 3.89. The molecule has 3 aromatic rings. The van der Waals surface area contributed by atoms with Crippen LogP contribution in [0.2, 0.25) is 0 Å². The molecule has 5 heteroatoms. The first-order valence-electron chi connectivity index (χ1n) is 10.7. The van der Waals surface area contributed by atoms with Gasteiger partial charge in [-0.05, 0) is 48.7 Å². The molecule has 3 aromatic carbocycles. The summed E-state index contributed by atoms with van der Waals surface area (Å²) in [5.41, 5.74) is 3.81. The van der Waals surface area contributed by atoms with Gasteiger partial charge in [-0.2, -0.15) is 0 Å². The minimum Gasteiger partial charge on any atom is -0.374 e. The third kappa shape index (κ3) is 4.94. The SMILES string of the molecule is C[C@H](Nc1ccc(N2CCCC2=O)cc1)C(=O)NC(c1ccccc1)c1ccccc1. The summed E-state index contributed by atoms with van der Waals surface area (Å²) in [6, 6.07) is 27.0. The van der Waals surface area contributed by atoms with Crippen LogP contribution < -0.4 is 15.5 Å². The van der Waals surface area contributed by atoms with Gasteiger partial charge in [-0.25, -0.2) is 0 Å². The van der Waals surface area contributed by atoms with Crippen LogP contribution in [-0.4, -0.2) is 24.4 Å². The first-order valence-corrected chi connectivity index (χ1v) is 10.7. The van der Waals surface area contributed by atoms with Crippen molar-refractivity contribution in [2.24, 2.45) is 0 Å². The average Bonchev–Trinajstić information content (AvgIpc) is 3.24. The highest BCUT2D eigenvalue weighted by Gasteiger charge is 2.22. The van der Waals surface area contributed by atoms with Gasteiger partial charge in [0, 0.05) is 24.3 Å². The molecule has 0 unspecified atom stereocenters. The molecule has 1 aliphatic rings. The summed E-state index contributed by atoms with van der Waals surface area (Å²) in [4.78, 5) is 26.7. The molecule has 0 saturated carbocycles. The van der Waals surface area contributed by atoms with E-state index >= 15 is 0 Å². The maximum absolute atomic E-state index is 13.0. The standard InChI is InChI=1S/C26H27N3O2/c1-19(27-22-14-16-23(17-15-22)29-18-8-13-24(29)30)26(31)28-25(20-9-4-2-5-10-20)21-11-6-3-7-12-21/h2-7,9-12,14-17,19,25,27H,8,13,18H2,1H3,(H,28,31)/t19-/m0/s1. The fourth-order valence-electron chi connectivity index (χ4n) is 3.89. The lowest BCUT2D eigenvalue weighted by Gasteiger charge is -2.23. The number of nitrogens with zero attached hydrogens (tertiary/aromatic N) is 1. The molecular formula is C26H27N3O2. The zero-order chi connectivity index (χ0) is 21.6. The van der Waals surface area contributed by atoms with E-state index in [0.717, 1.165) is 35.5 Å². The highest BCUT2D eigenvalue weighted by molar-refractivity contribution is 5.95. The number of benzene rings is 3. The summed E-state index contributed by atoms with van der Waals surface area (Å²) < 4.78 is 0. The molecule has 2 amide bonds. The van der Waals surface area contributed by atoms with Crippen LogP contribution in [-0.2, 0) is 9.59 Å². The van der Waals surface area contributed by atoms with E-state index in [1.165, 1.54) is 0 Å². The Morgan fingerprint density at radius 1 is 0.871 bits per heavy atom. The van der Waals surface area contributed by atoms with Crippen LogP contribution in [0.1, 0.15) is 36.9 Å². The molecular weight excluding hydrogens is 386 g/mol. The van der Waals surface area contributed by atoms with E-state index < -0.39 is 6.04 Å². The van der Waals surface area contributed by atoms with Gasteiger partial charge in [0.05, 0.1) is 6.04 Å². The van der Waals surface area contributed by atoms with Crippen LogP contribution in [0.15, 0.2) is 84.9 Å². The van der Waals surface area contributed by atoms with Crippen molar-refractivity contribution >= 4 is 23.2 Å². The van der Waals surface area contributed by atoms with Gasteiger partial charge in [-0.1, -0.05) is 60.7 Å². The van der Waals surface area contributed by atoms with E-state index in [9.17, 15) is 9.59 Å². The summed E-state index contributed by atoms with van der Waals surface area (Å²) in [5.74, 6) is 0.0813. The van der Waals surface area contributed by atoms with Crippen molar-refractivity contribution in [1.29, 1.82) is 0 Å². The lowest BCUT2D eigenvalue weighted by Crippen LogP contribution is -2.40. The summed E-state index contributed by atoms with van der Waals surface area (Å²) in [7, 11) is 0. The molecule has 0 spiro atoms. The van der Waals surface area contributed by atoms with Gasteiger partial charge in [0.2, 0.25) is 11.8 Å². The van der Waals surface area contributed by atoms with Crippen molar-refractivity contribution in [3.63, 3.8) is 0 Å².